The van der Waals surface area contributed by atoms with Gasteiger partial charge in [0.15, 0.2) is 0 Å². The lowest BCUT2D eigenvalue weighted by Gasteiger charge is -2.22. The highest BCUT2D eigenvalue weighted by atomic mass is 31.2. The Hall–Kier alpha value is -1.54. The fraction of sp³-hybridized carbons (Fsp3) is 0.625. The lowest BCUT2D eigenvalue weighted by atomic mass is 10.3. The predicted molar refractivity (Wildman–Crippen MR) is 168 cm³/mol. The van der Waals surface area contributed by atoms with E-state index in [-0.39, 0.29) is 0 Å². The third-order valence-electron chi connectivity index (χ3n) is 7.07. The third kappa shape index (κ3) is 11.1. The minimum atomic E-state index is -2.48. The molecule has 0 aliphatic rings. The van der Waals surface area contributed by atoms with Gasteiger partial charge in [0.1, 0.15) is 39.0 Å². The maximum atomic E-state index is 13.9. The first-order valence-corrected chi connectivity index (χ1v) is 19.3. The highest BCUT2D eigenvalue weighted by molar-refractivity contribution is 7.72. The summed E-state index contributed by atoms with van der Waals surface area (Å²) in [6, 6.07) is 15.6. The van der Waals surface area contributed by atoms with Gasteiger partial charge in [0.05, 0.1) is 23.8 Å². The van der Waals surface area contributed by atoms with E-state index < -0.39 is 14.3 Å². The van der Waals surface area contributed by atoms with Crippen LogP contribution in [-0.2, 0) is 13.9 Å². The molecule has 39 heavy (non-hydrogen) atoms. The monoisotopic (exact) mass is 578 g/mol. The third-order valence-corrected chi connectivity index (χ3v) is 13.7. The standard InChI is InChI=1S/C32H52O5P2/c1-5-9-25-38(33,26-10-6-2)31-19-15-13-17-29(31)36-23-21-35-22-24-37-30-18-14-16-20-32(30)39(34,27-11-7-3)28-12-8-4/h13-20H,5-12,21-28H2,1-4H3. The van der Waals surface area contributed by atoms with Crippen molar-refractivity contribution in [2.75, 3.05) is 51.1 Å². The van der Waals surface area contributed by atoms with Crippen LogP contribution in [0.15, 0.2) is 48.5 Å². The minimum Gasteiger partial charge on any atom is -0.490 e. The van der Waals surface area contributed by atoms with Crippen molar-refractivity contribution in [1.29, 1.82) is 0 Å². The molecule has 0 fully saturated rings. The Morgan fingerprint density at radius 2 is 0.846 bits per heavy atom. The van der Waals surface area contributed by atoms with Gasteiger partial charge in [0.2, 0.25) is 0 Å². The number of para-hydroxylation sites is 2. The molecular formula is C32H52O5P2. The maximum absolute atomic E-state index is 13.9. The highest BCUT2D eigenvalue weighted by Crippen LogP contribution is 2.49. The first-order valence-electron chi connectivity index (χ1n) is 15.1. The normalized spacial score (nSPS) is 12.0. The molecule has 0 spiro atoms. The van der Waals surface area contributed by atoms with Gasteiger partial charge >= 0.3 is 0 Å². The lowest BCUT2D eigenvalue weighted by Crippen LogP contribution is -2.19. The van der Waals surface area contributed by atoms with E-state index in [0.717, 1.165) is 98.1 Å². The van der Waals surface area contributed by atoms with Crippen molar-refractivity contribution < 1.29 is 23.3 Å². The topological polar surface area (TPSA) is 61.8 Å². The quantitative estimate of drug-likeness (QED) is 0.104. The molecule has 0 unspecified atom stereocenters. The molecule has 0 saturated heterocycles. The molecule has 2 aromatic rings. The Balaban J connectivity index is 1.90. The van der Waals surface area contributed by atoms with Crippen LogP contribution in [0.1, 0.15) is 79.1 Å². The van der Waals surface area contributed by atoms with E-state index in [9.17, 15) is 9.13 Å². The number of ether oxygens (including phenoxy) is 3. The molecule has 0 aliphatic heterocycles. The Morgan fingerprint density at radius 1 is 0.513 bits per heavy atom. The van der Waals surface area contributed by atoms with Crippen molar-refractivity contribution in [3.8, 4) is 11.5 Å². The van der Waals surface area contributed by atoms with Crippen LogP contribution in [0.25, 0.3) is 0 Å². The van der Waals surface area contributed by atoms with Gasteiger partial charge in [-0.15, -0.1) is 0 Å². The molecule has 7 heteroatoms. The van der Waals surface area contributed by atoms with E-state index in [1.54, 1.807) is 0 Å². The smallest absolute Gasteiger partial charge is 0.130 e. The van der Waals surface area contributed by atoms with Gasteiger partial charge in [-0.05, 0) is 49.9 Å². The molecule has 220 valence electrons. The van der Waals surface area contributed by atoms with Crippen molar-refractivity contribution in [1.82, 2.24) is 0 Å². The van der Waals surface area contributed by atoms with E-state index in [2.05, 4.69) is 27.7 Å². The van der Waals surface area contributed by atoms with Crippen LogP contribution in [-0.4, -0.2) is 51.1 Å². The van der Waals surface area contributed by atoms with Crippen LogP contribution >= 0.6 is 14.3 Å². The fourth-order valence-electron chi connectivity index (χ4n) is 4.71. The van der Waals surface area contributed by atoms with Crippen molar-refractivity contribution in [3.63, 3.8) is 0 Å². The predicted octanol–water partition coefficient (Wildman–Crippen LogP) is 8.34. The van der Waals surface area contributed by atoms with E-state index in [1.807, 2.05) is 48.5 Å². The maximum Gasteiger partial charge on any atom is 0.130 e. The number of benzene rings is 2. The van der Waals surface area contributed by atoms with Crippen molar-refractivity contribution in [3.05, 3.63) is 48.5 Å². The summed E-state index contributed by atoms with van der Waals surface area (Å²) in [6.45, 7) is 10.2. The Morgan fingerprint density at radius 3 is 1.18 bits per heavy atom. The van der Waals surface area contributed by atoms with Gasteiger partial charge in [-0.1, -0.05) is 77.6 Å². The molecule has 0 saturated carbocycles. The summed E-state index contributed by atoms with van der Waals surface area (Å²) in [5, 5.41) is 1.75. The Labute approximate surface area is 238 Å². The zero-order valence-corrected chi connectivity index (χ0v) is 26.7. The molecule has 0 atom stereocenters. The lowest BCUT2D eigenvalue weighted by molar-refractivity contribution is 0.0769. The van der Waals surface area contributed by atoms with E-state index >= 15 is 0 Å². The van der Waals surface area contributed by atoms with Gasteiger partial charge in [-0.25, -0.2) is 0 Å². The van der Waals surface area contributed by atoms with Crippen LogP contribution in [0.4, 0.5) is 0 Å². The molecule has 0 aliphatic carbocycles. The summed E-state index contributed by atoms with van der Waals surface area (Å²) in [5.74, 6) is 1.44. The number of unbranched alkanes of at least 4 members (excludes halogenated alkanes) is 4. The molecule has 5 nitrogen and oxygen atoms in total. The summed E-state index contributed by atoms with van der Waals surface area (Å²) in [6.07, 6.45) is 11.0. The average molecular weight is 579 g/mol. The summed E-state index contributed by atoms with van der Waals surface area (Å²) >= 11 is 0. The van der Waals surface area contributed by atoms with Gasteiger partial charge in [0.25, 0.3) is 0 Å². The SMILES string of the molecule is CCCCP(=O)(CCCC)c1ccccc1OCCOCCOc1ccccc1P(=O)(CCCC)CCCC. The van der Waals surface area contributed by atoms with Crippen LogP contribution in [0.2, 0.25) is 0 Å². The second-order valence-corrected chi connectivity index (χ2v) is 16.6. The van der Waals surface area contributed by atoms with Crippen LogP contribution < -0.4 is 20.1 Å². The van der Waals surface area contributed by atoms with Gasteiger partial charge in [0, 0.05) is 24.6 Å². The number of rotatable bonds is 22. The average Bonchev–Trinajstić information content (AvgIpc) is 2.96. The molecule has 0 radical (unpaired) electrons. The first kappa shape index (κ1) is 33.7. The summed E-state index contributed by atoms with van der Waals surface area (Å²) in [5.41, 5.74) is 0. The Bertz CT molecular complexity index is 933. The van der Waals surface area contributed by atoms with Gasteiger partial charge in [-0.2, -0.15) is 0 Å². The second-order valence-electron chi connectivity index (χ2n) is 10.3. The van der Waals surface area contributed by atoms with E-state index in [1.165, 1.54) is 0 Å². The summed E-state index contributed by atoms with van der Waals surface area (Å²) < 4.78 is 45.8. The molecule has 0 bridgehead atoms. The largest absolute Gasteiger partial charge is 0.490 e. The van der Waals surface area contributed by atoms with E-state index in [0.29, 0.717) is 26.4 Å². The molecule has 2 aromatic carbocycles. The van der Waals surface area contributed by atoms with Crippen LogP contribution in [0, 0.1) is 0 Å². The van der Waals surface area contributed by atoms with Crippen LogP contribution in [0.5, 0.6) is 11.5 Å². The van der Waals surface area contributed by atoms with E-state index in [4.69, 9.17) is 14.2 Å². The van der Waals surface area contributed by atoms with Crippen LogP contribution in [0.3, 0.4) is 0 Å². The van der Waals surface area contributed by atoms with Crippen molar-refractivity contribution >= 4 is 24.9 Å². The zero-order valence-electron chi connectivity index (χ0n) is 24.9. The highest BCUT2D eigenvalue weighted by Gasteiger charge is 2.28. The van der Waals surface area contributed by atoms with Crippen molar-refractivity contribution in [2.24, 2.45) is 0 Å². The molecule has 0 aromatic heterocycles. The number of hydrogen-bond acceptors (Lipinski definition) is 5. The zero-order chi connectivity index (χ0) is 28.4. The summed E-state index contributed by atoms with van der Waals surface area (Å²) in [7, 11) is -4.97. The minimum absolute atomic E-state index is 0.387. The molecule has 0 N–H and O–H groups in total. The fourth-order valence-corrected chi connectivity index (χ4v) is 11.2. The second kappa shape index (κ2) is 18.7. The molecule has 0 heterocycles. The van der Waals surface area contributed by atoms with Crippen molar-refractivity contribution in [2.45, 2.75) is 79.1 Å². The summed E-state index contributed by atoms with van der Waals surface area (Å²) in [4.78, 5) is 0. The molecule has 0 amide bonds. The van der Waals surface area contributed by atoms with Gasteiger partial charge in [-0.3, -0.25) is 0 Å². The Kier molecular flexibility index (Phi) is 16.2. The number of hydrogen-bond donors (Lipinski definition) is 0. The van der Waals surface area contributed by atoms with Gasteiger partial charge < -0.3 is 23.3 Å². The molecule has 2 rings (SSSR count). The first-order chi connectivity index (χ1) is 18.9. The molecular weight excluding hydrogens is 526 g/mol.